The minimum atomic E-state index is -3.39. The number of para-hydroxylation sites is 1. The first-order chi connectivity index (χ1) is 12.3. The van der Waals surface area contributed by atoms with Crippen LogP contribution in [-0.2, 0) is 15.4 Å². The van der Waals surface area contributed by atoms with Gasteiger partial charge in [0.1, 0.15) is 5.82 Å². The van der Waals surface area contributed by atoms with Crippen LogP contribution in [0, 0.1) is 11.7 Å². The topological polar surface area (TPSA) is 62.0 Å². The number of rotatable bonds is 5. The summed E-state index contributed by atoms with van der Waals surface area (Å²) in [5.41, 5.74) is 2.44. The van der Waals surface area contributed by atoms with Crippen molar-refractivity contribution in [3.63, 3.8) is 0 Å². The fraction of sp³-hybridized carbons (Fsp3) is 0.300. The normalized spacial score (nSPS) is 17.2. The zero-order chi connectivity index (χ0) is 18.5. The lowest BCUT2D eigenvalue weighted by Crippen LogP contribution is -2.27. The highest BCUT2D eigenvalue weighted by Crippen LogP contribution is 2.53. The van der Waals surface area contributed by atoms with E-state index in [1.165, 1.54) is 6.07 Å². The smallest absolute Gasteiger partial charge is 0.229 e. The lowest BCUT2D eigenvalue weighted by molar-refractivity contribution is 0.465. The summed E-state index contributed by atoms with van der Waals surface area (Å²) in [4.78, 5) is 3.21. The van der Waals surface area contributed by atoms with Crippen molar-refractivity contribution in [1.82, 2.24) is 4.98 Å². The van der Waals surface area contributed by atoms with E-state index in [0.717, 1.165) is 35.6 Å². The number of H-pyrrole nitrogens is 1. The van der Waals surface area contributed by atoms with Crippen LogP contribution in [0.4, 0.5) is 10.1 Å². The molecule has 0 aliphatic heterocycles. The number of hydrogen-bond donors (Lipinski definition) is 2. The zero-order valence-electron chi connectivity index (χ0n) is 14.7. The van der Waals surface area contributed by atoms with E-state index in [9.17, 15) is 12.8 Å². The Morgan fingerprint density at radius 2 is 1.85 bits per heavy atom. The zero-order valence-corrected chi connectivity index (χ0v) is 15.5. The highest BCUT2D eigenvalue weighted by Gasteiger charge is 2.46. The maximum absolute atomic E-state index is 14.7. The first-order valence-corrected chi connectivity index (χ1v) is 10.5. The van der Waals surface area contributed by atoms with Gasteiger partial charge in [-0.3, -0.25) is 4.72 Å². The summed E-state index contributed by atoms with van der Waals surface area (Å²) in [6.07, 6.45) is 5.13. The molecule has 0 amide bonds. The highest BCUT2D eigenvalue weighted by atomic mass is 32.2. The molecule has 0 radical (unpaired) electrons. The molecule has 4 rings (SSSR count). The molecule has 2 N–H and O–H groups in total. The van der Waals surface area contributed by atoms with E-state index >= 15 is 0 Å². The van der Waals surface area contributed by atoms with Crippen molar-refractivity contribution in [1.29, 1.82) is 0 Å². The molecular formula is C20H21FN2O2S. The molecule has 1 aliphatic rings. The second kappa shape index (κ2) is 5.84. The lowest BCUT2D eigenvalue weighted by atomic mass is 9.72. The second-order valence-corrected chi connectivity index (χ2v) is 9.01. The van der Waals surface area contributed by atoms with Crippen molar-refractivity contribution in [2.24, 2.45) is 5.92 Å². The summed E-state index contributed by atoms with van der Waals surface area (Å²) in [5.74, 6) is 0.159. The average Bonchev–Trinajstić information content (AvgIpc) is 3.33. The van der Waals surface area contributed by atoms with Crippen LogP contribution >= 0.6 is 0 Å². The van der Waals surface area contributed by atoms with E-state index in [-0.39, 0.29) is 5.82 Å². The average molecular weight is 372 g/mol. The van der Waals surface area contributed by atoms with Crippen molar-refractivity contribution in [3.8, 4) is 0 Å². The molecule has 3 aromatic rings. The first-order valence-electron chi connectivity index (χ1n) is 8.64. The molecule has 1 unspecified atom stereocenters. The number of aromatic nitrogens is 1. The standard InChI is InChI=1S/C20H21FN2O2S/c1-20(13-10-11-13,15-7-3-4-8-17(15)21)16-12-22-19-14(16)6-5-9-18(19)23-26(2,24)25/h3-9,12-13,22-23H,10-11H2,1-2H3. The molecule has 136 valence electrons. The van der Waals surface area contributed by atoms with Crippen LogP contribution in [0.1, 0.15) is 30.9 Å². The molecule has 1 aliphatic carbocycles. The Labute approximate surface area is 152 Å². The van der Waals surface area contributed by atoms with Crippen molar-refractivity contribution >= 4 is 26.6 Å². The summed E-state index contributed by atoms with van der Waals surface area (Å²) < 4.78 is 40.5. The quantitative estimate of drug-likeness (QED) is 0.697. The molecule has 6 heteroatoms. The van der Waals surface area contributed by atoms with E-state index in [2.05, 4.69) is 16.6 Å². The van der Waals surface area contributed by atoms with E-state index in [1.54, 1.807) is 12.1 Å². The van der Waals surface area contributed by atoms with Gasteiger partial charge < -0.3 is 4.98 Å². The Bertz CT molecular complexity index is 1090. The summed E-state index contributed by atoms with van der Waals surface area (Å²) >= 11 is 0. The molecule has 1 atom stereocenters. The number of halogens is 1. The monoisotopic (exact) mass is 372 g/mol. The fourth-order valence-corrected chi connectivity index (χ4v) is 4.57. The predicted octanol–water partition coefficient (Wildman–Crippen LogP) is 4.39. The van der Waals surface area contributed by atoms with Crippen LogP contribution in [0.5, 0.6) is 0 Å². The van der Waals surface area contributed by atoms with E-state index < -0.39 is 15.4 Å². The molecule has 1 fully saturated rings. The molecule has 0 saturated heterocycles. The van der Waals surface area contributed by atoms with Crippen molar-refractivity contribution < 1.29 is 12.8 Å². The van der Waals surface area contributed by atoms with Gasteiger partial charge in [-0.25, -0.2) is 12.8 Å². The molecular weight excluding hydrogens is 351 g/mol. The van der Waals surface area contributed by atoms with E-state index in [0.29, 0.717) is 17.2 Å². The van der Waals surface area contributed by atoms with Gasteiger partial charge in [0, 0.05) is 17.0 Å². The van der Waals surface area contributed by atoms with Gasteiger partial charge in [-0.2, -0.15) is 0 Å². The van der Waals surface area contributed by atoms with Gasteiger partial charge in [0.15, 0.2) is 0 Å². The van der Waals surface area contributed by atoms with E-state index in [1.807, 2.05) is 30.5 Å². The van der Waals surface area contributed by atoms with Crippen molar-refractivity contribution in [2.75, 3.05) is 11.0 Å². The molecule has 0 spiro atoms. The van der Waals surface area contributed by atoms with Crippen molar-refractivity contribution in [2.45, 2.75) is 25.2 Å². The Morgan fingerprint density at radius 3 is 2.50 bits per heavy atom. The van der Waals surface area contributed by atoms with Crippen LogP contribution in [-0.4, -0.2) is 19.7 Å². The number of anilines is 1. The third-order valence-corrected chi connectivity index (χ3v) is 5.99. The number of sulfonamides is 1. The summed E-state index contributed by atoms with van der Waals surface area (Å²) in [6.45, 7) is 2.09. The number of benzene rings is 2. The van der Waals surface area contributed by atoms with Gasteiger partial charge in [-0.1, -0.05) is 37.3 Å². The van der Waals surface area contributed by atoms with Gasteiger partial charge in [-0.05, 0) is 42.0 Å². The molecule has 1 saturated carbocycles. The first kappa shape index (κ1) is 17.1. The SMILES string of the molecule is CC(c1ccccc1F)(c1c[nH]c2c(NS(C)(=O)=O)cccc12)C1CC1. The van der Waals surface area contributed by atoms with Crippen LogP contribution in [0.3, 0.4) is 0 Å². The second-order valence-electron chi connectivity index (χ2n) is 7.26. The number of hydrogen-bond acceptors (Lipinski definition) is 2. The minimum Gasteiger partial charge on any atom is -0.359 e. The van der Waals surface area contributed by atoms with Gasteiger partial charge in [-0.15, -0.1) is 0 Å². The van der Waals surface area contributed by atoms with Crippen LogP contribution in [0.25, 0.3) is 10.9 Å². The van der Waals surface area contributed by atoms with Gasteiger partial charge in [0.25, 0.3) is 0 Å². The summed E-state index contributed by atoms with van der Waals surface area (Å²) in [7, 11) is -3.39. The summed E-state index contributed by atoms with van der Waals surface area (Å²) in [6, 6.07) is 12.4. The third-order valence-electron chi connectivity index (χ3n) is 5.40. The molecule has 2 aromatic carbocycles. The Morgan fingerprint density at radius 1 is 1.12 bits per heavy atom. The maximum atomic E-state index is 14.7. The molecule has 26 heavy (non-hydrogen) atoms. The fourth-order valence-electron chi connectivity index (χ4n) is 4.00. The van der Waals surface area contributed by atoms with Gasteiger partial charge >= 0.3 is 0 Å². The molecule has 4 nitrogen and oxygen atoms in total. The largest absolute Gasteiger partial charge is 0.359 e. The van der Waals surface area contributed by atoms with Crippen LogP contribution in [0.2, 0.25) is 0 Å². The summed E-state index contributed by atoms with van der Waals surface area (Å²) in [5, 5.41) is 0.913. The number of nitrogens with one attached hydrogen (secondary N) is 2. The molecule has 1 heterocycles. The lowest BCUT2D eigenvalue weighted by Gasteiger charge is -2.31. The minimum absolute atomic E-state index is 0.207. The number of fused-ring (bicyclic) bond motifs is 1. The molecule has 1 aromatic heterocycles. The van der Waals surface area contributed by atoms with E-state index in [4.69, 9.17) is 0 Å². The Hall–Kier alpha value is -2.34. The Balaban J connectivity index is 1.93. The van der Waals surface area contributed by atoms with Crippen LogP contribution in [0.15, 0.2) is 48.7 Å². The van der Waals surface area contributed by atoms with Crippen molar-refractivity contribution in [3.05, 3.63) is 65.6 Å². The third kappa shape index (κ3) is 2.78. The van der Waals surface area contributed by atoms with Gasteiger partial charge in [0.05, 0.1) is 17.5 Å². The predicted molar refractivity (Wildman–Crippen MR) is 102 cm³/mol. The Kier molecular flexibility index (Phi) is 3.84. The van der Waals surface area contributed by atoms with Gasteiger partial charge in [0.2, 0.25) is 10.0 Å². The number of aromatic amines is 1. The molecule has 0 bridgehead atoms. The maximum Gasteiger partial charge on any atom is 0.229 e. The highest BCUT2D eigenvalue weighted by molar-refractivity contribution is 7.92. The van der Waals surface area contributed by atoms with Crippen LogP contribution < -0.4 is 4.72 Å².